The van der Waals surface area contributed by atoms with Gasteiger partial charge in [-0.2, -0.15) is 0 Å². The second kappa shape index (κ2) is 4.00. The van der Waals surface area contributed by atoms with Crippen LogP contribution in [-0.2, 0) is 0 Å². The fourth-order valence-electron chi connectivity index (χ4n) is 1.79. The van der Waals surface area contributed by atoms with Crippen molar-refractivity contribution < 1.29 is 4.74 Å². The molecule has 0 aliphatic carbocycles. The third-order valence-corrected chi connectivity index (χ3v) is 3.70. The van der Waals surface area contributed by atoms with Gasteiger partial charge in [-0.25, -0.2) is 0 Å². The average molecular weight is 252 g/mol. The Morgan fingerprint density at radius 3 is 3.06 bits per heavy atom. The van der Waals surface area contributed by atoms with Crippen molar-refractivity contribution in [2.75, 3.05) is 11.9 Å². The molecule has 3 rings (SSSR count). The number of nitrogens with one attached hydrogen (secondary N) is 1. The molecular weight excluding hydrogens is 242 g/mol. The van der Waals surface area contributed by atoms with Gasteiger partial charge in [0, 0.05) is 5.56 Å². The van der Waals surface area contributed by atoms with Gasteiger partial charge in [-0.1, -0.05) is 23.7 Å². The Labute approximate surface area is 103 Å². The highest BCUT2D eigenvalue weighted by atomic mass is 35.5. The Hall–Kier alpha value is -1.19. The molecule has 0 saturated heterocycles. The van der Waals surface area contributed by atoms with Crippen molar-refractivity contribution in [3.63, 3.8) is 0 Å². The Bertz CT molecular complexity index is 511. The quantitative estimate of drug-likeness (QED) is 0.829. The van der Waals surface area contributed by atoms with E-state index in [2.05, 4.69) is 5.32 Å². The van der Waals surface area contributed by atoms with Gasteiger partial charge in [-0.15, -0.1) is 11.3 Å². The van der Waals surface area contributed by atoms with Crippen LogP contribution in [0.15, 0.2) is 35.7 Å². The molecule has 1 atom stereocenters. The van der Waals surface area contributed by atoms with Crippen LogP contribution in [0, 0.1) is 0 Å². The molecule has 1 aromatic heterocycles. The zero-order valence-corrected chi connectivity index (χ0v) is 10.0. The lowest BCUT2D eigenvalue weighted by atomic mass is 10.1. The Balaban J connectivity index is 1.88. The normalized spacial score (nSPS) is 18.4. The predicted octanol–water partition coefficient (Wildman–Crippen LogP) is 3.95. The van der Waals surface area contributed by atoms with E-state index in [9.17, 15) is 0 Å². The van der Waals surface area contributed by atoms with E-state index in [-0.39, 0.29) is 6.10 Å². The van der Waals surface area contributed by atoms with E-state index in [0.717, 1.165) is 27.9 Å². The molecule has 0 spiro atoms. The number of fused-ring (bicyclic) bond motifs is 1. The number of thiophene rings is 1. The maximum Gasteiger partial charge on any atom is 0.143 e. The van der Waals surface area contributed by atoms with E-state index >= 15 is 0 Å². The van der Waals surface area contributed by atoms with Gasteiger partial charge in [0.2, 0.25) is 0 Å². The van der Waals surface area contributed by atoms with Crippen molar-refractivity contribution in [2.24, 2.45) is 0 Å². The van der Waals surface area contributed by atoms with Crippen molar-refractivity contribution in [3.8, 4) is 5.75 Å². The highest BCUT2D eigenvalue weighted by Crippen LogP contribution is 2.35. The number of halogens is 1. The molecule has 2 aromatic rings. The molecule has 0 amide bonds. The van der Waals surface area contributed by atoms with Crippen molar-refractivity contribution in [2.45, 2.75) is 6.10 Å². The van der Waals surface area contributed by atoms with E-state index in [1.54, 1.807) is 0 Å². The minimum atomic E-state index is 0.0543. The number of ether oxygens (including phenoxy) is 1. The number of para-hydroxylation sites is 2. The summed E-state index contributed by atoms with van der Waals surface area (Å²) >= 11 is 7.46. The monoisotopic (exact) mass is 251 g/mol. The predicted molar refractivity (Wildman–Crippen MR) is 67.6 cm³/mol. The van der Waals surface area contributed by atoms with Gasteiger partial charge in [0.1, 0.15) is 11.9 Å². The Morgan fingerprint density at radius 2 is 2.25 bits per heavy atom. The molecule has 0 bridgehead atoms. The smallest absolute Gasteiger partial charge is 0.143 e. The molecular formula is C12H10ClNOS. The first kappa shape index (κ1) is 10.00. The van der Waals surface area contributed by atoms with Crippen molar-refractivity contribution in [1.82, 2.24) is 0 Å². The largest absolute Gasteiger partial charge is 0.482 e. The molecule has 1 aliphatic rings. The van der Waals surface area contributed by atoms with E-state index < -0.39 is 0 Å². The summed E-state index contributed by atoms with van der Waals surface area (Å²) in [6.07, 6.45) is 0.0543. The SMILES string of the molecule is Clc1cc(C2CNc3ccccc3O2)cs1. The summed E-state index contributed by atoms with van der Waals surface area (Å²) in [5.74, 6) is 0.904. The third kappa shape index (κ3) is 1.77. The van der Waals surface area contributed by atoms with E-state index in [4.69, 9.17) is 16.3 Å². The van der Waals surface area contributed by atoms with Crippen LogP contribution in [0.25, 0.3) is 0 Å². The maximum absolute atomic E-state index is 5.92. The first-order valence-corrected chi connectivity index (χ1v) is 6.32. The zero-order chi connectivity index (χ0) is 11.0. The summed E-state index contributed by atoms with van der Waals surface area (Å²) in [6, 6.07) is 9.93. The number of hydrogen-bond donors (Lipinski definition) is 1. The van der Waals surface area contributed by atoms with E-state index in [1.807, 2.05) is 35.7 Å². The lowest BCUT2D eigenvalue weighted by molar-refractivity contribution is 0.211. The molecule has 2 heterocycles. The van der Waals surface area contributed by atoms with Crippen LogP contribution in [0.5, 0.6) is 5.75 Å². The van der Waals surface area contributed by atoms with Gasteiger partial charge in [-0.3, -0.25) is 0 Å². The van der Waals surface area contributed by atoms with Crippen LogP contribution in [0.3, 0.4) is 0 Å². The maximum atomic E-state index is 5.92. The first-order chi connectivity index (χ1) is 7.83. The molecule has 82 valence electrons. The fraction of sp³-hybridized carbons (Fsp3) is 0.167. The minimum Gasteiger partial charge on any atom is -0.482 e. The van der Waals surface area contributed by atoms with Gasteiger partial charge in [-0.05, 0) is 23.6 Å². The highest BCUT2D eigenvalue weighted by Gasteiger charge is 2.21. The van der Waals surface area contributed by atoms with Crippen molar-refractivity contribution in [3.05, 3.63) is 45.6 Å². The summed E-state index contributed by atoms with van der Waals surface area (Å²) in [4.78, 5) is 0. The fourth-order valence-corrected chi connectivity index (χ4v) is 2.72. The van der Waals surface area contributed by atoms with Crippen molar-refractivity contribution in [1.29, 1.82) is 0 Å². The second-order valence-corrected chi connectivity index (χ2v) is 5.21. The number of hydrogen-bond acceptors (Lipinski definition) is 3. The van der Waals surface area contributed by atoms with Crippen LogP contribution >= 0.6 is 22.9 Å². The molecule has 1 aliphatic heterocycles. The summed E-state index contributed by atoms with van der Waals surface area (Å²) in [5, 5.41) is 5.40. The average Bonchev–Trinajstić information content (AvgIpc) is 2.75. The van der Waals surface area contributed by atoms with Crippen molar-refractivity contribution >= 4 is 28.6 Å². The number of anilines is 1. The molecule has 0 radical (unpaired) electrons. The van der Waals surface area contributed by atoms with Crippen LogP contribution in [0.1, 0.15) is 11.7 Å². The van der Waals surface area contributed by atoms with Crippen LogP contribution in [0.2, 0.25) is 4.34 Å². The van der Waals surface area contributed by atoms with Gasteiger partial charge < -0.3 is 10.1 Å². The van der Waals surface area contributed by atoms with Gasteiger partial charge in [0.05, 0.1) is 16.6 Å². The van der Waals surface area contributed by atoms with E-state index in [1.165, 1.54) is 11.3 Å². The van der Waals surface area contributed by atoms with Gasteiger partial charge >= 0.3 is 0 Å². The first-order valence-electron chi connectivity index (χ1n) is 5.06. The Morgan fingerprint density at radius 1 is 1.38 bits per heavy atom. The molecule has 16 heavy (non-hydrogen) atoms. The standard InChI is InChI=1S/C12H10ClNOS/c13-12-5-8(7-16-12)11-6-14-9-3-1-2-4-10(9)15-11/h1-5,7,11,14H,6H2. The Kier molecular flexibility index (Phi) is 2.50. The summed E-state index contributed by atoms with van der Waals surface area (Å²) in [5.41, 5.74) is 2.19. The third-order valence-electron chi connectivity index (χ3n) is 2.59. The molecule has 2 nitrogen and oxygen atoms in total. The van der Waals surface area contributed by atoms with Crippen LogP contribution in [-0.4, -0.2) is 6.54 Å². The number of benzene rings is 1. The summed E-state index contributed by atoms with van der Waals surface area (Å²) in [7, 11) is 0. The molecule has 0 saturated carbocycles. The minimum absolute atomic E-state index is 0.0543. The van der Waals surface area contributed by atoms with Crippen LogP contribution in [0.4, 0.5) is 5.69 Å². The molecule has 0 fully saturated rings. The van der Waals surface area contributed by atoms with Gasteiger partial charge in [0.15, 0.2) is 0 Å². The van der Waals surface area contributed by atoms with Crippen LogP contribution < -0.4 is 10.1 Å². The second-order valence-electron chi connectivity index (χ2n) is 3.67. The topological polar surface area (TPSA) is 21.3 Å². The van der Waals surface area contributed by atoms with Gasteiger partial charge in [0.25, 0.3) is 0 Å². The number of rotatable bonds is 1. The molecule has 4 heteroatoms. The summed E-state index contributed by atoms with van der Waals surface area (Å²) in [6.45, 7) is 0.782. The lowest BCUT2D eigenvalue weighted by Crippen LogP contribution is -2.22. The molecule has 1 aromatic carbocycles. The molecule has 1 N–H and O–H groups in total. The summed E-state index contributed by atoms with van der Waals surface area (Å²) < 4.78 is 6.72. The zero-order valence-electron chi connectivity index (χ0n) is 8.44. The van der Waals surface area contributed by atoms with E-state index in [0.29, 0.717) is 0 Å². The molecule has 1 unspecified atom stereocenters. The highest BCUT2D eigenvalue weighted by molar-refractivity contribution is 7.14. The lowest BCUT2D eigenvalue weighted by Gasteiger charge is -2.26.